The molecule has 0 bridgehead atoms. The van der Waals surface area contributed by atoms with Gasteiger partial charge in [0.05, 0.1) is 10.5 Å². The number of allylic oxidation sites excluding steroid dienone is 2. The molecular weight excluding hydrogens is 363 g/mol. The van der Waals surface area contributed by atoms with Gasteiger partial charge in [0.15, 0.2) is 0 Å². The molecule has 0 saturated heterocycles. The molecule has 1 unspecified atom stereocenters. The average Bonchev–Trinajstić information content (AvgIpc) is 2.61. The van der Waals surface area contributed by atoms with E-state index < -0.39 is 0 Å². The maximum atomic E-state index is 7.67. The number of aromatic nitrogens is 1. The molecule has 1 atom stereocenters. The molecule has 0 amide bonds. The van der Waals surface area contributed by atoms with Crippen molar-refractivity contribution < 1.29 is 0 Å². The Hall–Kier alpha value is -2.16. The van der Waals surface area contributed by atoms with Gasteiger partial charge in [-0.25, -0.2) is 4.98 Å². The third kappa shape index (κ3) is 3.67. The Labute approximate surface area is 164 Å². The minimum Gasteiger partial charge on any atom is -0.306 e. The summed E-state index contributed by atoms with van der Waals surface area (Å²) in [6.07, 6.45) is 1.89. The van der Waals surface area contributed by atoms with E-state index in [0.29, 0.717) is 15.9 Å². The number of nitrogens with zero attached hydrogens (tertiary/aromatic N) is 1. The van der Waals surface area contributed by atoms with Crippen molar-refractivity contribution in [3.05, 3.63) is 75.9 Å². The van der Waals surface area contributed by atoms with Gasteiger partial charge >= 0.3 is 0 Å². The SMILES string of the molecule is CC(=N)/C=C(\C)C(C)c1ccc2nc(Cl)c(-c3ccccc3)c(Cl)c2c1. The normalized spacial score (nSPS) is 13.0. The van der Waals surface area contributed by atoms with Crippen molar-refractivity contribution in [3.8, 4) is 11.1 Å². The van der Waals surface area contributed by atoms with E-state index in [9.17, 15) is 0 Å². The van der Waals surface area contributed by atoms with Crippen molar-refractivity contribution in [3.63, 3.8) is 0 Å². The van der Waals surface area contributed by atoms with Crippen LogP contribution in [0.1, 0.15) is 32.3 Å². The summed E-state index contributed by atoms with van der Waals surface area (Å²) >= 11 is 13.2. The molecule has 0 aliphatic heterocycles. The van der Waals surface area contributed by atoms with Crippen LogP contribution in [-0.2, 0) is 0 Å². The van der Waals surface area contributed by atoms with E-state index in [1.54, 1.807) is 6.92 Å². The molecule has 0 spiro atoms. The van der Waals surface area contributed by atoms with Gasteiger partial charge in [-0.2, -0.15) is 0 Å². The van der Waals surface area contributed by atoms with Crippen molar-refractivity contribution >= 4 is 39.8 Å². The molecule has 0 saturated carbocycles. The smallest absolute Gasteiger partial charge is 0.139 e. The van der Waals surface area contributed by atoms with Crippen molar-refractivity contribution in [1.82, 2.24) is 4.98 Å². The van der Waals surface area contributed by atoms with Crippen molar-refractivity contribution in [2.45, 2.75) is 26.7 Å². The van der Waals surface area contributed by atoms with E-state index in [2.05, 4.69) is 18.0 Å². The van der Waals surface area contributed by atoms with Gasteiger partial charge in [0.2, 0.25) is 0 Å². The predicted molar refractivity (Wildman–Crippen MR) is 113 cm³/mol. The molecule has 0 aliphatic carbocycles. The largest absolute Gasteiger partial charge is 0.306 e. The summed E-state index contributed by atoms with van der Waals surface area (Å²) in [7, 11) is 0. The number of pyridine rings is 1. The summed E-state index contributed by atoms with van der Waals surface area (Å²) < 4.78 is 0. The molecule has 1 aromatic heterocycles. The summed E-state index contributed by atoms with van der Waals surface area (Å²) in [5.74, 6) is 0.187. The van der Waals surface area contributed by atoms with E-state index >= 15 is 0 Å². The molecular formula is C22H20Cl2N2. The number of hydrogen-bond acceptors (Lipinski definition) is 2. The van der Waals surface area contributed by atoms with Gasteiger partial charge in [-0.3, -0.25) is 0 Å². The highest BCUT2D eigenvalue weighted by Crippen LogP contribution is 2.39. The molecule has 1 heterocycles. The average molecular weight is 383 g/mol. The van der Waals surface area contributed by atoms with Crippen LogP contribution in [0.3, 0.4) is 0 Å². The highest BCUT2D eigenvalue weighted by molar-refractivity contribution is 6.42. The Kier molecular flexibility index (Phi) is 5.45. The lowest BCUT2D eigenvalue weighted by atomic mass is 9.91. The Morgan fingerprint density at radius 3 is 2.42 bits per heavy atom. The van der Waals surface area contributed by atoms with Gasteiger partial charge in [0.1, 0.15) is 5.15 Å². The summed E-state index contributed by atoms with van der Waals surface area (Å²) in [5, 5.41) is 9.58. The monoisotopic (exact) mass is 382 g/mol. The molecule has 3 aromatic rings. The third-order valence-electron chi connectivity index (χ3n) is 4.59. The van der Waals surface area contributed by atoms with Gasteiger partial charge in [-0.1, -0.05) is 72.1 Å². The lowest BCUT2D eigenvalue weighted by Crippen LogP contribution is -1.98. The standard InChI is InChI=1S/C22H20Cl2N2/c1-13(11-14(2)25)15(3)17-9-10-19-18(12-17)21(23)20(22(24)26-19)16-7-5-4-6-8-16/h4-12,15,25H,1-3H3/b13-11+,25-14?. The van der Waals surface area contributed by atoms with Crippen LogP contribution >= 0.6 is 23.2 Å². The Bertz CT molecular complexity index is 1010. The molecule has 26 heavy (non-hydrogen) atoms. The van der Waals surface area contributed by atoms with Crippen molar-refractivity contribution in [1.29, 1.82) is 5.41 Å². The highest BCUT2D eigenvalue weighted by atomic mass is 35.5. The Balaban J connectivity index is 2.16. The van der Waals surface area contributed by atoms with Crippen LogP contribution in [0.5, 0.6) is 0 Å². The number of fused-ring (bicyclic) bond motifs is 1. The molecule has 0 radical (unpaired) electrons. The number of hydrogen-bond donors (Lipinski definition) is 1. The molecule has 4 heteroatoms. The second kappa shape index (κ2) is 7.61. The number of benzene rings is 2. The number of nitrogens with one attached hydrogen (secondary N) is 1. The van der Waals surface area contributed by atoms with Crippen LogP contribution in [0.4, 0.5) is 0 Å². The van der Waals surface area contributed by atoms with Gasteiger partial charge < -0.3 is 5.41 Å². The zero-order valence-corrected chi connectivity index (χ0v) is 16.5. The van der Waals surface area contributed by atoms with Crippen LogP contribution in [0.25, 0.3) is 22.0 Å². The second-order valence-corrected chi connectivity index (χ2v) is 7.26. The minimum atomic E-state index is 0.187. The maximum absolute atomic E-state index is 7.67. The molecule has 2 aromatic carbocycles. The van der Waals surface area contributed by atoms with Crippen LogP contribution in [0, 0.1) is 5.41 Å². The summed E-state index contributed by atoms with van der Waals surface area (Å²) in [6, 6.07) is 15.9. The summed E-state index contributed by atoms with van der Waals surface area (Å²) in [4.78, 5) is 4.54. The third-order valence-corrected chi connectivity index (χ3v) is 5.26. The summed E-state index contributed by atoms with van der Waals surface area (Å²) in [6.45, 7) is 5.96. The van der Waals surface area contributed by atoms with Crippen LogP contribution in [0.2, 0.25) is 10.2 Å². The maximum Gasteiger partial charge on any atom is 0.139 e. The van der Waals surface area contributed by atoms with Gasteiger partial charge in [-0.05, 0) is 43.2 Å². The van der Waals surface area contributed by atoms with Crippen LogP contribution in [0.15, 0.2) is 60.2 Å². The number of rotatable bonds is 4. The fourth-order valence-corrected chi connectivity index (χ4v) is 3.76. The molecule has 1 N–H and O–H groups in total. The van der Waals surface area contributed by atoms with E-state index in [1.165, 1.54) is 0 Å². The van der Waals surface area contributed by atoms with Crippen molar-refractivity contribution in [2.75, 3.05) is 0 Å². The van der Waals surface area contributed by atoms with E-state index in [0.717, 1.165) is 33.2 Å². The first-order valence-electron chi connectivity index (χ1n) is 8.46. The molecule has 132 valence electrons. The molecule has 3 rings (SSSR count). The molecule has 2 nitrogen and oxygen atoms in total. The minimum absolute atomic E-state index is 0.187. The first-order chi connectivity index (χ1) is 12.4. The zero-order valence-electron chi connectivity index (χ0n) is 15.0. The lowest BCUT2D eigenvalue weighted by molar-refractivity contribution is 0.897. The molecule has 0 fully saturated rings. The topological polar surface area (TPSA) is 36.7 Å². The van der Waals surface area contributed by atoms with E-state index in [4.69, 9.17) is 28.6 Å². The lowest BCUT2D eigenvalue weighted by Gasteiger charge is -2.15. The van der Waals surface area contributed by atoms with E-state index in [-0.39, 0.29) is 5.92 Å². The fourth-order valence-electron chi connectivity index (χ4n) is 3.06. The number of halogens is 2. The zero-order chi connectivity index (χ0) is 18.8. The van der Waals surface area contributed by atoms with Crippen LogP contribution in [-0.4, -0.2) is 10.7 Å². The van der Waals surface area contributed by atoms with Crippen LogP contribution < -0.4 is 0 Å². The summed E-state index contributed by atoms with van der Waals surface area (Å²) in [5.41, 5.74) is 5.31. The van der Waals surface area contributed by atoms with Crippen molar-refractivity contribution in [2.24, 2.45) is 0 Å². The van der Waals surface area contributed by atoms with Gasteiger partial charge in [-0.15, -0.1) is 0 Å². The Morgan fingerprint density at radius 1 is 1.08 bits per heavy atom. The quantitative estimate of drug-likeness (QED) is 0.372. The first kappa shape index (κ1) is 18.6. The molecule has 0 aliphatic rings. The predicted octanol–water partition coefficient (Wildman–Crippen LogP) is 7.30. The van der Waals surface area contributed by atoms with Gasteiger partial charge in [0.25, 0.3) is 0 Å². The highest BCUT2D eigenvalue weighted by Gasteiger charge is 2.16. The Morgan fingerprint density at radius 2 is 1.77 bits per heavy atom. The van der Waals surface area contributed by atoms with E-state index in [1.807, 2.05) is 55.5 Å². The van der Waals surface area contributed by atoms with Gasteiger partial charge in [0, 0.05) is 22.6 Å². The second-order valence-electron chi connectivity index (χ2n) is 6.53. The fraction of sp³-hybridized carbons (Fsp3) is 0.182. The first-order valence-corrected chi connectivity index (χ1v) is 9.21.